The van der Waals surface area contributed by atoms with Gasteiger partial charge in [-0.2, -0.15) is 4.31 Å². The fraction of sp³-hybridized carbons (Fsp3) is 0.240. The van der Waals surface area contributed by atoms with Gasteiger partial charge < -0.3 is 5.32 Å². The second kappa shape index (κ2) is 10.2. The van der Waals surface area contributed by atoms with Gasteiger partial charge in [-0.1, -0.05) is 23.7 Å². The van der Waals surface area contributed by atoms with Gasteiger partial charge in [-0.05, 0) is 86.3 Å². The van der Waals surface area contributed by atoms with Gasteiger partial charge in [-0.15, -0.1) is 0 Å². The molecule has 3 aromatic rings. The SMILES string of the molecule is Cc1ccc(S(=O)(=O)N2CCCC2)cc1C(=O)Nc1ccc(S(=O)(=O)Nc2cccc(Cl)c2C)cc1. The van der Waals surface area contributed by atoms with Crippen LogP contribution in [0.4, 0.5) is 11.4 Å². The van der Waals surface area contributed by atoms with Crippen molar-refractivity contribution in [1.82, 2.24) is 4.31 Å². The van der Waals surface area contributed by atoms with Crippen molar-refractivity contribution in [2.45, 2.75) is 36.5 Å². The standard InChI is InChI=1S/C25H26ClN3O5S2/c1-17-8-11-21(36(33,34)29-14-3-4-15-29)16-22(17)25(30)27-19-9-12-20(13-10-19)35(31,32)28-24-7-5-6-23(26)18(24)2/h5-13,16,28H,3-4,14-15H2,1-2H3,(H,27,30). The van der Waals surface area contributed by atoms with Crippen LogP contribution in [0.1, 0.15) is 34.3 Å². The fourth-order valence-corrected chi connectivity index (χ4v) is 6.76. The number of aryl methyl sites for hydroxylation is 1. The molecule has 0 unspecified atom stereocenters. The minimum Gasteiger partial charge on any atom is -0.322 e. The summed E-state index contributed by atoms with van der Waals surface area (Å²) in [6.45, 7) is 4.38. The average molecular weight is 548 g/mol. The number of carbonyl (C=O) groups excluding carboxylic acids is 1. The van der Waals surface area contributed by atoms with E-state index in [1.54, 1.807) is 38.1 Å². The third kappa shape index (κ3) is 5.41. The summed E-state index contributed by atoms with van der Waals surface area (Å²) in [5, 5.41) is 3.16. The molecule has 0 radical (unpaired) electrons. The number of carbonyl (C=O) groups is 1. The first-order valence-electron chi connectivity index (χ1n) is 11.3. The number of anilines is 2. The van der Waals surface area contributed by atoms with Crippen LogP contribution >= 0.6 is 11.6 Å². The van der Waals surface area contributed by atoms with E-state index in [4.69, 9.17) is 11.6 Å². The number of rotatable bonds is 7. The molecule has 1 saturated heterocycles. The Labute approximate surface area is 216 Å². The number of halogens is 1. The van der Waals surface area contributed by atoms with Crippen LogP contribution in [0, 0.1) is 13.8 Å². The molecular weight excluding hydrogens is 522 g/mol. The van der Waals surface area contributed by atoms with Crippen molar-refractivity contribution < 1.29 is 21.6 Å². The Kier molecular flexibility index (Phi) is 7.42. The molecule has 0 bridgehead atoms. The Morgan fingerprint density at radius 3 is 2.19 bits per heavy atom. The molecule has 8 nitrogen and oxygen atoms in total. The van der Waals surface area contributed by atoms with E-state index in [1.165, 1.54) is 40.7 Å². The molecule has 0 aromatic heterocycles. The topological polar surface area (TPSA) is 113 Å². The van der Waals surface area contributed by atoms with E-state index in [0.29, 0.717) is 40.6 Å². The molecule has 0 saturated carbocycles. The molecule has 1 aliphatic heterocycles. The van der Waals surface area contributed by atoms with Gasteiger partial charge in [-0.3, -0.25) is 9.52 Å². The number of sulfonamides is 2. The minimum absolute atomic E-state index is 0.00904. The van der Waals surface area contributed by atoms with Crippen LogP contribution in [-0.4, -0.2) is 40.1 Å². The van der Waals surface area contributed by atoms with Gasteiger partial charge in [0.2, 0.25) is 10.0 Å². The van der Waals surface area contributed by atoms with E-state index in [9.17, 15) is 21.6 Å². The lowest BCUT2D eigenvalue weighted by Crippen LogP contribution is -2.28. The summed E-state index contributed by atoms with van der Waals surface area (Å²) in [6.07, 6.45) is 1.64. The molecule has 36 heavy (non-hydrogen) atoms. The van der Waals surface area contributed by atoms with E-state index in [0.717, 1.165) is 12.8 Å². The van der Waals surface area contributed by atoms with Crippen molar-refractivity contribution in [2.24, 2.45) is 0 Å². The van der Waals surface area contributed by atoms with E-state index in [2.05, 4.69) is 10.0 Å². The summed E-state index contributed by atoms with van der Waals surface area (Å²) in [7, 11) is -7.55. The lowest BCUT2D eigenvalue weighted by molar-refractivity contribution is 0.102. The van der Waals surface area contributed by atoms with Gasteiger partial charge >= 0.3 is 0 Å². The molecule has 190 valence electrons. The van der Waals surface area contributed by atoms with Crippen LogP contribution in [0.3, 0.4) is 0 Å². The van der Waals surface area contributed by atoms with E-state index in [1.807, 2.05) is 0 Å². The average Bonchev–Trinajstić information content (AvgIpc) is 3.38. The maximum atomic E-state index is 13.0. The van der Waals surface area contributed by atoms with E-state index in [-0.39, 0.29) is 15.4 Å². The quantitative estimate of drug-likeness (QED) is 0.441. The molecule has 2 N–H and O–H groups in total. The molecule has 0 spiro atoms. The van der Waals surface area contributed by atoms with Crippen molar-refractivity contribution in [3.63, 3.8) is 0 Å². The zero-order valence-corrected chi connectivity index (χ0v) is 22.2. The van der Waals surface area contributed by atoms with Crippen molar-refractivity contribution in [1.29, 1.82) is 0 Å². The maximum Gasteiger partial charge on any atom is 0.261 e. The summed E-state index contributed by atoms with van der Waals surface area (Å²) in [5.41, 5.74) is 2.19. The molecule has 1 fully saturated rings. The third-order valence-electron chi connectivity index (χ3n) is 6.09. The smallest absolute Gasteiger partial charge is 0.261 e. The third-order valence-corrected chi connectivity index (χ3v) is 9.78. The fourth-order valence-electron chi connectivity index (χ4n) is 3.92. The van der Waals surface area contributed by atoms with Crippen LogP contribution in [0.25, 0.3) is 0 Å². The number of nitrogens with zero attached hydrogens (tertiary/aromatic N) is 1. The normalized spacial score (nSPS) is 14.5. The second-order valence-corrected chi connectivity index (χ2v) is 12.6. The lowest BCUT2D eigenvalue weighted by atomic mass is 10.1. The van der Waals surface area contributed by atoms with Crippen molar-refractivity contribution in [2.75, 3.05) is 23.1 Å². The van der Waals surface area contributed by atoms with Gasteiger partial charge in [0.05, 0.1) is 15.5 Å². The van der Waals surface area contributed by atoms with Crippen molar-refractivity contribution in [3.05, 3.63) is 82.4 Å². The van der Waals surface area contributed by atoms with Gasteiger partial charge in [0.15, 0.2) is 0 Å². The van der Waals surface area contributed by atoms with Crippen LogP contribution in [0.5, 0.6) is 0 Å². The van der Waals surface area contributed by atoms with Crippen LogP contribution in [0.15, 0.2) is 70.5 Å². The summed E-state index contributed by atoms with van der Waals surface area (Å²) in [5.74, 6) is -0.491. The lowest BCUT2D eigenvalue weighted by Gasteiger charge is -2.17. The highest BCUT2D eigenvalue weighted by atomic mass is 35.5. The minimum atomic E-state index is -3.88. The number of benzene rings is 3. The molecule has 1 amide bonds. The molecule has 3 aromatic carbocycles. The molecule has 4 rings (SSSR count). The number of nitrogens with one attached hydrogen (secondary N) is 2. The van der Waals surface area contributed by atoms with Gasteiger partial charge in [-0.25, -0.2) is 16.8 Å². The summed E-state index contributed by atoms with van der Waals surface area (Å²) in [6, 6.07) is 15.1. The number of hydrogen-bond donors (Lipinski definition) is 2. The monoisotopic (exact) mass is 547 g/mol. The Bertz CT molecular complexity index is 1520. The summed E-state index contributed by atoms with van der Waals surface area (Å²) >= 11 is 6.08. The Morgan fingerprint density at radius 2 is 1.53 bits per heavy atom. The first-order chi connectivity index (χ1) is 17.0. The summed E-state index contributed by atoms with van der Waals surface area (Å²) in [4.78, 5) is 13.0. The van der Waals surface area contributed by atoms with Crippen molar-refractivity contribution in [3.8, 4) is 0 Å². The van der Waals surface area contributed by atoms with Crippen LogP contribution < -0.4 is 10.0 Å². The molecular formula is C25H26ClN3O5S2. The molecule has 1 heterocycles. The number of hydrogen-bond acceptors (Lipinski definition) is 5. The predicted molar refractivity (Wildman–Crippen MR) is 141 cm³/mol. The predicted octanol–water partition coefficient (Wildman–Crippen LogP) is 4.79. The Hall–Kier alpha value is -2.92. The molecule has 0 aliphatic carbocycles. The first-order valence-corrected chi connectivity index (χ1v) is 14.6. The van der Waals surface area contributed by atoms with Crippen molar-refractivity contribution >= 4 is 48.9 Å². The van der Waals surface area contributed by atoms with Gasteiger partial charge in [0.25, 0.3) is 15.9 Å². The van der Waals surface area contributed by atoms with E-state index >= 15 is 0 Å². The summed E-state index contributed by atoms with van der Waals surface area (Å²) < 4.78 is 55.4. The zero-order chi connectivity index (χ0) is 26.1. The Balaban J connectivity index is 1.51. The largest absolute Gasteiger partial charge is 0.322 e. The highest BCUT2D eigenvalue weighted by Crippen LogP contribution is 2.27. The van der Waals surface area contributed by atoms with Gasteiger partial charge in [0.1, 0.15) is 0 Å². The molecule has 11 heteroatoms. The Morgan fingerprint density at radius 1 is 0.889 bits per heavy atom. The second-order valence-electron chi connectivity index (χ2n) is 8.58. The van der Waals surface area contributed by atoms with E-state index < -0.39 is 26.0 Å². The maximum absolute atomic E-state index is 13.0. The number of amides is 1. The van der Waals surface area contributed by atoms with Crippen LogP contribution in [0.2, 0.25) is 5.02 Å². The van der Waals surface area contributed by atoms with Crippen LogP contribution in [-0.2, 0) is 20.0 Å². The highest BCUT2D eigenvalue weighted by molar-refractivity contribution is 7.92. The highest BCUT2D eigenvalue weighted by Gasteiger charge is 2.28. The zero-order valence-electron chi connectivity index (χ0n) is 19.8. The molecule has 1 aliphatic rings. The molecule has 0 atom stereocenters. The van der Waals surface area contributed by atoms with Gasteiger partial charge in [0, 0.05) is 29.4 Å². The first kappa shape index (κ1) is 26.2.